The lowest BCUT2D eigenvalue weighted by Gasteiger charge is -2.29. The van der Waals surface area contributed by atoms with Gasteiger partial charge in [0.05, 0.1) is 5.69 Å². The van der Waals surface area contributed by atoms with Crippen LogP contribution in [0, 0.1) is 0 Å². The van der Waals surface area contributed by atoms with Gasteiger partial charge in [0.2, 0.25) is 0 Å². The molecule has 0 bridgehead atoms. The topological polar surface area (TPSA) is 41.0 Å². The summed E-state index contributed by atoms with van der Waals surface area (Å²) >= 11 is 1.60. The van der Waals surface area contributed by atoms with Crippen LogP contribution in [0.3, 0.4) is 0 Å². The molecule has 0 atom stereocenters. The summed E-state index contributed by atoms with van der Waals surface area (Å²) in [6.45, 7) is 4.41. The minimum absolute atomic E-state index is 0.364. The molecule has 2 aromatic heterocycles. The van der Waals surface area contributed by atoms with Crippen LogP contribution in [0.15, 0.2) is 84.5 Å². The van der Waals surface area contributed by atoms with E-state index in [9.17, 15) is 0 Å². The summed E-state index contributed by atoms with van der Waals surface area (Å²) in [4.78, 5) is 11.1. The SMILES string of the molecule is CC(C)N(c1ccccc1)c1ccc(Nc2nc(-c3ccncc3)cs2)cc1. The van der Waals surface area contributed by atoms with Crippen molar-refractivity contribution >= 4 is 33.5 Å². The number of hydrogen-bond acceptors (Lipinski definition) is 5. The lowest BCUT2D eigenvalue weighted by molar-refractivity contribution is 0.789. The molecule has 0 saturated carbocycles. The Bertz CT molecular complexity index is 1010. The van der Waals surface area contributed by atoms with E-state index in [1.807, 2.05) is 18.2 Å². The second-order valence-electron chi connectivity index (χ2n) is 6.74. The average molecular weight is 387 g/mol. The Morgan fingerprint density at radius 3 is 2.21 bits per heavy atom. The van der Waals surface area contributed by atoms with Crippen LogP contribution in [0.4, 0.5) is 22.2 Å². The highest BCUT2D eigenvalue weighted by Crippen LogP contribution is 2.31. The van der Waals surface area contributed by atoms with E-state index in [4.69, 9.17) is 0 Å². The lowest BCUT2D eigenvalue weighted by atomic mass is 10.2. The molecular weight excluding hydrogens is 364 g/mol. The van der Waals surface area contributed by atoms with E-state index in [2.05, 4.69) is 87.9 Å². The zero-order valence-electron chi connectivity index (χ0n) is 15.9. The van der Waals surface area contributed by atoms with Crippen molar-refractivity contribution in [3.05, 3.63) is 84.5 Å². The van der Waals surface area contributed by atoms with Crippen LogP contribution < -0.4 is 10.2 Å². The summed E-state index contributed by atoms with van der Waals surface area (Å²) in [7, 11) is 0. The molecule has 4 nitrogen and oxygen atoms in total. The number of nitrogens with one attached hydrogen (secondary N) is 1. The molecule has 4 rings (SSSR count). The molecule has 1 N–H and O–H groups in total. The third kappa shape index (κ3) is 4.05. The molecule has 2 heterocycles. The molecule has 0 aliphatic heterocycles. The van der Waals surface area contributed by atoms with Crippen molar-refractivity contribution < 1.29 is 0 Å². The van der Waals surface area contributed by atoms with Crippen LogP contribution >= 0.6 is 11.3 Å². The van der Waals surface area contributed by atoms with Gasteiger partial charge in [0.15, 0.2) is 5.13 Å². The first kappa shape index (κ1) is 18.2. The number of thiazole rings is 1. The largest absolute Gasteiger partial charge is 0.339 e. The average Bonchev–Trinajstić information content (AvgIpc) is 3.19. The Balaban J connectivity index is 1.51. The van der Waals surface area contributed by atoms with Gasteiger partial charge in [0, 0.05) is 46.4 Å². The molecule has 0 fully saturated rings. The predicted molar refractivity (Wildman–Crippen MR) is 119 cm³/mol. The van der Waals surface area contributed by atoms with E-state index in [0.29, 0.717) is 6.04 Å². The van der Waals surface area contributed by atoms with Gasteiger partial charge in [-0.25, -0.2) is 4.98 Å². The minimum Gasteiger partial charge on any atom is -0.339 e. The number of hydrogen-bond donors (Lipinski definition) is 1. The van der Waals surface area contributed by atoms with Gasteiger partial charge in [-0.15, -0.1) is 11.3 Å². The van der Waals surface area contributed by atoms with Crippen molar-refractivity contribution in [3.63, 3.8) is 0 Å². The van der Waals surface area contributed by atoms with Gasteiger partial charge in [-0.05, 0) is 62.4 Å². The molecule has 0 spiro atoms. The number of rotatable bonds is 6. The third-order valence-corrected chi connectivity index (χ3v) is 5.19. The van der Waals surface area contributed by atoms with E-state index in [1.165, 1.54) is 11.4 Å². The summed E-state index contributed by atoms with van der Waals surface area (Å²) in [5.74, 6) is 0. The minimum atomic E-state index is 0.364. The normalized spacial score (nSPS) is 10.8. The zero-order chi connectivity index (χ0) is 19.3. The molecule has 0 radical (unpaired) electrons. The highest BCUT2D eigenvalue weighted by molar-refractivity contribution is 7.14. The van der Waals surface area contributed by atoms with E-state index < -0.39 is 0 Å². The van der Waals surface area contributed by atoms with Gasteiger partial charge >= 0.3 is 0 Å². The summed E-state index contributed by atoms with van der Waals surface area (Å²) in [6.07, 6.45) is 3.57. The van der Waals surface area contributed by atoms with Crippen LogP contribution in [-0.4, -0.2) is 16.0 Å². The molecule has 0 aliphatic carbocycles. The zero-order valence-corrected chi connectivity index (χ0v) is 16.7. The van der Waals surface area contributed by atoms with Crippen molar-refractivity contribution in [3.8, 4) is 11.3 Å². The maximum atomic E-state index is 4.68. The Morgan fingerprint density at radius 1 is 0.857 bits per heavy atom. The molecule has 5 heteroatoms. The van der Waals surface area contributed by atoms with E-state index in [1.54, 1.807) is 23.7 Å². The third-order valence-electron chi connectivity index (χ3n) is 4.43. The number of pyridine rings is 1. The number of para-hydroxylation sites is 1. The Hall–Kier alpha value is -3.18. The molecule has 2 aromatic carbocycles. The van der Waals surface area contributed by atoms with Crippen LogP contribution in [-0.2, 0) is 0 Å². The Labute approximate surface area is 169 Å². The molecule has 0 saturated heterocycles. The maximum absolute atomic E-state index is 4.68. The highest BCUT2D eigenvalue weighted by Gasteiger charge is 2.13. The van der Waals surface area contributed by atoms with Crippen molar-refractivity contribution in [2.24, 2.45) is 0 Å². The second-order valence-corrected chi connectivity index (χ2v) is 7.60. The fourth-order valence-electron chi connectivity index (χ4n) is 3.15. The van der Waals surface area contributed by atoms with E-state index in [-0.39, 0.29) is 0 Å². The fourth-order valence-corrected chi connectivity index (χ4v) is 3.89. The molecular formula is C23H22N4S. The molecule has 4 aromatic rings. The number of anilines is 4. The molecule has 0 amide bonds. The molecule has 140 valence electrons. The number of aromatic nitrogens is 2. The molecule has 0 unspecified atom stereocenters. The number of nitrogens with zero attached hydrogens (tertiary/aromatic N) is 3. The monoisotopic (exact) mass is 386 g/mol. The quantitative estimate of drug-likeness (QED) is 0.411. The summed E-state index contributed by atoms with van der Waals surface area (Å²) in [5.41, 5.74) is 5.42. The second kappa shape index (κ2) is 8.23. The smallest absolute Gasteiger partial charge is 0.187 e. The summed E-state index contributed by atoms with van der Waals surface area (Å²) < 4.78 is 0. The van der Waals surface area contributed by atoms with Gasteiger partial charge in [-0.2, -0.15) is 0 Å². The molecule has 28 heavy (non-hydrogen) atoms. The van der Waals surface area contributed by atoms with E-state index >= 15 is 0 Å². The highest BCUT2D eigenvalue weighted by atomic mass is 32.1. The van der Waals surface area contributed by atoms with E-state index in [0.717, 1.165) is 22.1 Å². The van der Waals surface area contributed by atoms with Crippen molar-refractivity contribution in [1.29, 1.82) is 0 Å². The van der Waals surface area contributed by atoms with Crippen LogP contribution in [0.2, 0.25) is 0 Å². The summed E-state index contributed by atoms with van der Waals surface area (Å²) in [5, 5.41) is 6.34. The Morgan fingerprint density at radius 2 is 1.54 bits per heavy atom. The van der Waals surface area contributed by atoms with Crippen molar-refractivity contribution in [2.45, 2.75) is 19.9 Å². The van der Waals surface area contributed by atoms with Gasteiger partial charge in [0.25, 0.3) is 0 Å². The lowest BCUT2D eigenvalue weighted by Crippen LogP contribution is -2.25. The van der Waals surface area contributed by atoms with Gasteiger partial charge in [-0.1, -0.05) is 18.2 Å². The van der Waals surface area contributed by atoms with Gasteiger partial charge in [-0.3, -0.25) is 4.98 Å². The van der Waals surface area contributed by atoms with Gasteiger partial charge < -0.3 is 10.2 Å². The van der Waals surface area contributed by atoms with Crippen molar-refractivity contribution in [1.82, 2.24) is 9.97 Å². The standard InChI is InChI=1S/C23H22N4S/c1-17(2)27(20-6-4-3-5-7-20)21-10-8-19(9-11-21)25-23-26-22(16-28-23)18-12-14-24-15-13-18/h3-17H,1-2H3,(H,25,26). The first-order chi connectivity index (χ1) is 13.7. The first-order valence-corrected chi connectivity index (χ1v) is 10.2. The number of benzene rings is 2. The van der Waals surface area contributed by atoms with Crippen LogP contribution in [0.5, 0.6) is 0 Å². The molecule has 0 aliphatic rings. The predicted octanol–water partition coefficient (Wildman–Crippen LogP) is 6.50. The van der Waals surface area contributed by atoms with Crippen LogP contribution in [0.25, 0.3) is 11.3 Å². The fraction of sp³-hybridized carbons (Fsp3) is 0.130. The van der Waals surface area contributed by atoms with Crippen LogP contribution in [0.1, 0.15) is 13.8 Å². The van der Waals surface area contributed by atoms with Gasteiger partial charge in [0.1, 0.15) is 0 Å². The maximum Gasteiger partial charge on any atom is 0.187 e. The first-order valence-electron chi connectivity index (χ1n) is 9.28. The summed E-state index contributed by atoms with van der Waals surface area (Å²) in [6, 6.07) is 23.3. The van der Waals surface area contributed by atoms with Crippen molar-refractivity contribution in [2.75, 3.05) is 10.2 Å². The Kier molecular flexibility index (Phi) is 5.35.